The van der Waals surface area contributed by atoms with Gasteiger partial charge in [-0.2, -0.15) is 0 Å². The van der Waals surface area contributed by atoms with Gasteiger partial charge in [0.05, 0.1) is 0 Å². The molecule has 5 spiro atoms. The number of hydrogen-bond donors (Lipinski definition) is 0. The Bertz CT molecular complexity index is 7830. The van der Waals surface area contributed by atoms with Crippen molar-refractivity contribution < 1.29 is 32.3 Å². The quantitative estimate of drug-likeness (QED) is 0.112. The second kappa shape index (κ2) is 27.7. The number of benzene rings is 16. The maximum atomic E-state index is 12.9. The third-order valence-corrected chi connectivity index (χ3v) is 149. The molecule has 0 saturated carbocycles. The van der Waals surface area contributed by atoms with Gasteiger partial charge in [-0.25, -0.2) is 0 Å². The van der Waals surface area contributed by atoms with Gasteiger partial charge in [0.15, 0.2) is 0 Å². The van der Waals surface area contributed by atoms with Crippen LogP contribution in [0.3, 0.4) is 0 Å². The van der Waals surface area contributed by atoms with Crippen LogP contribution in [0.2, 0.25) is 13.1 Å². The van der Waals surface area contributed by atoms with Crippen molar-refractivity contribution in [3.8, 4) is 44.5 Å². The van der Waals surface area contributed by atoms with E-state index in [1.807, 2.05) is 0 Å². The predicted octanol–water partition coefficient (Wildman–Crippen LogP) is 34.7. The van der Waals surface area contributed by atoms with E-state index in [0.29, 0.717) is 0 Å². The van der Waals surface area contributed by atoms with Crippen LogP contribution < -0.4 is 0 Å². The van der Waals surface area contributed by atoms with Gasteiger partial charge >= 0.3 is 804 Å². The van der Waals surface area contributed by atoms with Crippen molar-refractivity contribution in [2.24, 2.45) is 0 Å². The minimum atomic E-state index is -9.48. The predicted molar refractivity (Wildman–Crippen MR) is 573 cm³/mol. The van der Waals surface area contributed by atoms with Gasteiger partial charge in [-0.15, -0.1) is 0 Å². The average Bonchev–Trinajstić information content (AvgIpc) is 1.49. The van der Waals surface area contributed by atoms with Crippen LogP contribution in [0.15, 0.2) is 357 Å². The number of rotatable bonds is 8. The van der Waals surface area contributed by atoms with E-state index in [9.17, 15) is 17.2 Å². The van der Waals surface area contributed by atoms with E-state index in [2.05, 4.69) is 460 Å². The molecular weight excluding hydrogens is 1880 g/mol. The van der Waals surface area contributed by atoms with Gasteiger partial charge in [-0.3, -0.25) is 0 Å². The molecule has 0 radical (unpaired) electrons. The molecule has 2 saturated heterocycles. The third kappa shape index (κ3) is 9.87. The molecule has 2 aliphatic heterocycles. The molecule has 0 N–H and O–H groups in total. The molecule has 4 aromatic heterocycles. The number of hydrogen-bond acceptors (Lipinski definition) is 4. The van der Waals surface area contributed by atoms with Crippen LogP contribution in [0.5, 0.6) is 0 Å². The normalized spacial score (nSPS) is 21.6. The molecule has 4 unspecified atom stereocenters. The van der Waals surface area contributed by atoms with Crippen LogP contribution in [0.25, 0.3) is 177 Å². The van der Waals surface area contributed by atoms with Crippen LogP contribution in [0.4, 0.5) is 0 Å². The molecule has 658 valence electrons. The van der Waals surface area contributed by atoms with Gasteiger partial charge < -0.3 is 0 Å². The number of fused-ring (bicyclic) bond motifs is 24. The minimum absolute atomic E-state index is 0.454. The summed E-state index contributed by atoms with van der Waals surface area (Å²) in [5, 5.41) is 18.8. The summed E-state index contributed by atoms with van der Waals surface area (Å²) in [6, 6.07) is 130. The van der Waals surface area contributed by atoms with Gasteiger partial charge in [-0.05, 0) is 0 Å². The summed E-state index contributed by atoms with van der Waals surface area (Å²) in [4.78, 5) is 0. The van der Waals surface area contributed by atoms with Gasteiger partial charge in [0.25, 0.3) is 0 Å². The Morgan fingerprint density at radius 3 is 0.607 bits per heavy atom. The summed E-state index contributed by atoms with van der Waals surface area (Å²) in [6.07, 6.45) is 10.5. The van der Waals surface area contributed by atoms with Crippen molar-refractivity contribution in [1.82, 2.24) is 0 Å². The zero-order valence-corrected chi connectivity index (χ0v) is 86.1. The zero-order chi connectivity index (χ0) is 92.2. The average molecular weight is 1990 g/mol. The van der Waals surface area contributed by atoms with Crippen molar-refractivity contribution in [2.75, 3.05) is 0 Å². The van der Waals surface area contributed by atoms with E-state index in [1.165, 1.54) is 43.1 Å². The van der Waals surface area contributed by atoms with Gasteiger partial charge in [0.1, 0.15) is 0 Å². The van der Waals surface area contributed by atoms with E-state index in [-0.39, 0.29) is 0 Å². The molecular formula is C126H104Cl2HfO4Si2. The van der Waals surface area contributed by atoms with E-state index in [1.54, 1.807) is 0 Å². The molecule has 26 rings (SSSR count). The van der Waals surface area contributed by atoms with Crippen molar-refractivity contribution in [3.63, 3.8) is 0 Å². The standard InChI is InChI=1S/2C63H52O2Si.2ClH.Hf/c2*1-62(2,3)58-32-30-56(64-58)54-36-52-46(50-34-38-18-8-10-20-40(38)42-22-12-14-24-44(42)50)26-16-28-48(52)60(54)66(7)61-49-29-17-27-47(53(49)37-55(61)57-31-33-59(65-57)63(4,5)6)51-35-39-19-9-11-21-41(39)43-23-13-15-25-45(43)51;;;/h2*8-37,66H,1-7H3;2*1H;/q;;;;+2/p-2. The molecule has 4 atom stereocenters. The summed E-state index contributed by atoms with van der Waals surface area (Å²) in [5.41, 5.74) is 20.1. The van der Waals surface area contributed by atoms with Gasteiger partial charge in [-0.1, -0.05) is 0 Å². The molecule has 0 bridgehead atoms. The first kappa shape index (κ1) is 83.2. The first-order valence-electron chi connectivity index (χ1n) is 48.2. The summed E-state index contributed by atoms with van der Waals surface area (Å²) in [5.74, 6) is 6.50. The Morgan fingerprint density at radius 1 is 0.215 bits per heavy atom. The topological polar surface area (TPSA) is 52.6 Å². The Labute approximate surface area is 796 Å². The van der Waals surface area contributed by atoms with Crippen molar-refractivity contribution in [3.05, 3.63) is 430 Å². The van der Waals surface area contributed by atoms with E-state index in [0.717, 1.165) is 200 Å². The van der Waals surface area contributed by atoms with Gasteiger partial charge in [0.2, 0.25) is 0 Å². The SMILES string of the molecule is C[SiH]1[C]2(C(c3ccc(C(C)(C)C)o3)=Cc3c(-c4cc5ccccc5c5ccccc45)cccc32)[Hf]2([Cl])([Cl])([C]13C(c1ccc(C(C)(C)C)o1)=Cc1c(-c4cc5ccccc5c5ccccc45)cccc13)[C]1(C(c3ccc(C(C)(C)C)o3)=Cc3c(-c4cc5ccccc5c5ccccc45)cccc31)[SiH](C)[C]21C(c2ccc(C(C)(C)C)o2)=Cc2c(-c3cc4ccccc4c4ccccc34)cccc21. The second-order valence-corrected chi connectivity index (χ2v) is 98.3. The summed E-state index contributed by atoms with van der Waals surface area (Å²) in [6.45, 7) is 32.9. The number of halogens is 2. The number of furan rings is 4. The van der Waals surface area contributed by atoms with Crippen molar-refractivity contribution in [2.45, 2.75) is 129 Å². The third-order valence-electron chi connectivity index (χ3n) is 33.8. The van der Waals surface area contributed by atoms with E-state index >= 15 is 0 Å². The maximum absolute atomic E-state index is 12.9. The molecule has 16 aromatic carbocycles. The zero-order valence-electron chi connectivity index (χ0n) is 78.7. The fraction of sp³-hybridized carbons (Fsp3) is 0.175. The monoisotopic (exact) mass is 1990 g/mol. The van der Waals surface area contributed by atoms with Crippen LogP contribution >= 0.6 is 17.2 Å². The fourth-order valence-electron chi connectivity index (χ4n) is 29.1. The summed E-state index contributed by atoms with van der Waals surface area (Å²) in [7, 11) is 18.9. The molecule has 9 heteroatoms. The second-order valence-electron chi connectivity index (χ2n) is 44.0. The first-order valence-corrected chi connectivity index (χ1v) is 68.9. The van der Waals surface area contributed by atoms with Gasteiger partial charge in [0, 0.05) is 0 Å². The molecule has 6 heterocycles. The molecule has 4 nitrogen and oxygen atoms in total. The molecule has 20 aromatic rings. The summed E-state index contributed by atoms with van der Waals surface area (Å²) >= 11 is -9.48. The Morgan fingerprint density at radius 2 is 0.407 bits per heavy atom. The Kier molecular flexibility index (Phi) is 17.1. The number of allylic oxidation sites excluding steroid dienone is 4. The van der Waals surface area contributed by atoms with Crippen LogP contribution in [-0.2, 0) is 47.5 Å². The first-order chi connectivity index (χ1) is 64.9. The summed E-state index contributed by atoms with van der Waals surface area (Å²) < 4.78 is 27.5. The van der Waals surface area contributed by atoms with Crippen molar-refractivity contribution in [1.29, 1.82) is 0 Å². The Balaban J connectivity index is 0.949. The molecule has 2 fully saturated rings. The van der Waals surface area contributed by atoms with E-state index < -0.39 is 65.1 Å². The van der Waals surface area contributed by atoms with Crippen molar-refractivity contribution >= 4 is 168 Å². The fourth-order valence-corrected chi connectivity index (χ4v) is 195. The molecule has 6 aliphatic rings. The van der Waals surface area contributed by atoms with Crippen LogP contribution in [-0.4, -0.2) is 17.6 Å². The van der Waals surface area contributed by atoms with Crippen LogP contribution in [0, 0.1) is 0 Å². The van der Waals surface area contributed by atoms with Crippen LogP contribution in [0.1, 0.15) is 174 Å². The molecule has 0 amide bonds. The molecule has 4 aliphatic carbocycles. The molecule has 135 heavy (non-hydrogen) atoms. The van der Waals surface area contributed by atoms with E-state index in [4.69, 9.17) is 17.7 Å². The Hall–Kier alpha value is -12.4.